The molecule has 0 radical (unpaired) electrons. The molecule has 0 aliphatic carbocycles. The first-order valence-corrected chi connectivity index (χ1v) is 10.6. The van der Waals surface area contributed by atoms with Gasteiger partial charge in [0.25, 0.3) is 0 Å². The number of piperidine rings is 1. The lowest BCUT2D eigenvalue weighted by molar-refractivity contribution is -0.124. The number of nitrogens with zero attached hydrogens (tertiary/aromatic N) is 1. The van der Waals surface area contributed by atoms with Gasteiger partial charge in [-0.25, -0.2) is 0 Å². The highest BCUT2D eigenvalue weighted by molar-refractivity contribution is 5.78. The Labute approximate surface area is 169 Å². The molecule has 0 bridgehead atoms. The van der Waals surface area contributed by atoms with E-state index in [0.717, 1.165) is 51.7 Å². The van der Waals surface area contributed by atoms with Crippen molar-refractivity contribution >= 4 is 11.8 Å². The summed E-state index contributed by atoms with van der Waals surface area (Å²) in [5.74, 6) is 0.197. The fourth-order valence-corrected chi connectivity index (χ4v) is 3.33. The van der Waals surface area contributed by atoms with Crippen molar-refractivity contribution < 1.29 is 14.3 Å². The Bertz CT molecular complexity index is 572. The van der Waals surface area contributed by atoms with Gasteiger partial charge in [-0.1, -0.05) is 37.3 Å². The van der Waals surface area contributed by atoms with Crippen LogP contribution in [-0.4, -0.2) is 62.1 Å². The minimum absolute atomic E-state index is 0.0941. The molecule has 1 aromatic rings. The number of hydrogen-bond donors (Lipinski definition) is 2. The van der Waals surface area contributed by atoms with Crippen molar-refractivity contribution in [2.45, 2.75) is 51.5 Å². The predicted molar refractivity (Wildman–Crippen MR) is 111 cm³/mol. The summed E-state index contributed by atoms with van der Waals surface area (Å²) >= 11 is 0. The zero-order valence-corrected chi connectivity index (χ0v) is 17.1. The van der Waals surface area contributed by atoms with Crippen molar-refractivity contribution in [1.29, 1.82) is 0 Å². The lowest BCUT2D eigenvalue weighted by Gasteiger charge is -2.31. The maximum Gasteiger partial charge on any atom is 0.234 e. The van der Waals surface area contributed by atoms with E-state index in [2.05, 4.69) is 27.7 Å². The molecule has 28 heavy (non-hydrogen) atoms. The van der Waals surface area contributed by atoms with Crippen molar-refractivity contribution in [3.63, 3.8) is 0 Å². The Morgan fingerprint density at radius 2 is 1.86 bits per heavy atom. The summed E-state index contributed by atoms with van der Waals surface area (Å²) in [6.45, 7) is 6.26. The molecule has 0 unspecified atom stereocenters. The van der Waals surface area contributed by atoms with Crippen LogP contribution in [-0.2, 0) is 20.7 Å². The summed E-state index contributed by atoms with van der Waals surface area (Å²) in [5, 5.41) is 6.03. The van der Waals surface area contributed by atoms with E-state index < -0.39 is 0 Å². The van der Waals surface area contributed by atoms with Crippen LogP contribution in [0.5, 0.6) is 0 Å². The van der Waals surface area contributed by atoms with E-state index in [1.54, 1.807) is 0 Å². The van der Waals surface area contributed by atoms with Gasteiger partial charge in [0.15, 0.2) is 0 Å². The molecule has 1 saturated heterocycles. The summed E-state index contributed by atoms with van der Waals surface area (Å²) in [7, 11) is 0. The Kier molecular flexibility index (Phi) is 10.6. The SMILES string of the molecule is CCCNC(=O)CN1CCC(NC(=O)CCCOCCc2ccccc2)CC1. The van der Waals surface area contributed by atoms with E-state index in [9.17, 15) is 9.59 Å². The van der Waals surface area contributed by atoms with Gasteiger partial charge in [-0.15, -0.1) is 0 Å². The van der Waals surface area contributed by atoms with E-state index in [1.807, 2.05) is 25.1 Å². The van der Waals surface area contributed by atoms with Gasteiger partial charge in [0.1, 0.15) is 0 Å². The van der Waals surface area contributed by atoms with E-state index in [1.165, 1.54) is 5.56 Å². The molecule has 2 N–H and O–H groups in total. The Hall–Kier alpha value is -1.92. The molecule has 6 heteroatoms. The topological polar surface area (TPSA) is 70.7 Å². The van der Waals surface area contributed by atoms with Gasteiger partial charge in [-0.2, -0.15) is 0 Å². The van der Waals surface area contributed by atoms with Crippen LogP contribution in [0.15, 0.2) is 30.3 Å². The van der Waals surface area contributed by atoms with E-state index >= 15 is 0 Å². The number of likely N-dealkylation sites (tertiary alicyclic amines) is 1. The first-order chi connectivity index (χ1) is 13.7. The van der Waals surface area contributed by atoms with Gasteiger partial charge in [-0.3, -0.25) is 14.5 Å². The third-order valence-corrected chi connectivity index (χ3v) is 4.96. The largest absolute Gasteiger partial charge is 0.381 e. The first-order valence-electron chi connectivity index (χ1n) is 10.6. The van der Waals surface area contributed by atoms with Gasteiger partial charge in [0.05, 0.1) is 13.2 Å². The molecule has 1 heterocycles. The molecule has 2 amide bonds. The smallest absolute Gasteiger partial charge is 0.234 e. The van der Waals surface area contributed by atoms with Crippen LogP contribution in [0, 0.1) is 0 Å². The Balaban J connectivity index is 1.48. The van der Waals surface area contributed by atoms with E-state index in [0.29, 0.717) is 26.2 Å². The van der Waals surface area contributed by atoms with Gasteiger partial charge >= 0.3 is 0 Å². The summed E-state index contributed by atoms with van der Waals surface area (Å²) < 4.78 is 5.63. The van der Waals surface area contributed by atoms with Crippen LogP contribution >= 0.6 is 0 Å². The maximum atomic E-state index is 12.1. The van der Waals surface area contributed by atoms with Gasteiger partial charge in [-0.05, 0) is 37.7 Å². The number of nitrogens with one attached hydrogen (secondary N) is 2. The molecule has 1 fully saturated rings. The van der Waals surface area contributed by atoms with Crippen LogP contribution in [0.2, 0.25) is 0 Å². The van der Waals surface area contributed by atoms with Gasteiger partial charge in [0, 0.05) is 38.7 Å². The Morgan fingerprint density at radius 3 is 2.57 bits per heavy atom. The van der Waals surface area contributed by atoms with Crippen LogP contribution in [0.1, 0.15) is 44.6 Å². The summed E-state index contributed by atoms with van der Waals surface area (Å²) in [5.41, 5.74) is 1.27. The normalized spacial score (nSPS) is 15.3. The van der Waals surface area contributed by atoms with Gasteiger partial charge < -0.3 is 15.4 Å². The molecule has 0 aromatic heterocycles. The predicted octanol–water partition coefficient (Wildman–Crippen LogP) is 2.13. The third-order valence-electron chi connectivity index (χ3n) is 4.96. The van der Waals surface area contributed by atoms with Crippen LogP contribution in [0.25, 0.3) is 0 Å². The molecular weight excluding hydrogens is 354 g/mol. The second-order valence-electron chi connectivity index (χ2n) is 7.42. The molecule has 0 atom stereocenters. The zero-order valence-electron chi connectivity index (χ0n) is 17.1. The highest BCUT2D eigenvalue weighted by Crippen LogP contribution is 2.10. The quantitative estimate of drug-likeness (QED) is 0.537. The fraction of sp³-hybridized carbons (Fsp3) is 0.636. The second-order valence-corrected chi connectivity index (χ2v) is 7.42. The molecular formula is C22H35N3O3. The summed E-state index contributed by atoms with van der Waals surface area (Å²) in [4.78, 5) is 26.0. The first kappa shape index (κ1) is 22.4. The van der Waals surface area contributed by atoms with Crippen molar-refractivity contribution in [3.8, 4) is 0 Å². The molecule has 156 valence electrons. The lowest BCUT2D eigenvalue weighted by Crippen LogP contribution is -2.47. The van der Waals surface area contributed by atoms with Crippen molar-refractivity contribution in [2.24, 2.45) is 0 Å². The molecule has 1 aliphatic heterocycles. The maximum absolute atomic E-state index is 12.1. The van der Waals surface area contributed by atoms with Crippen molar-refractivity contribution in [1.82, 2.24) is 15.5 Å². The molecule has 1 aliphatic rings. The van der Waals surface area contributed by atoms with E-state index in [4.69, 9.17) is 4.74 Å². The average Bonchev–Trinajstić information content (AvgIpc) is 2.71. The lowest BCUT2D eigenvalue weighted by atomic mass is 10.0. The molecule has 0 spiro atoms. The minimum atomic E-state index is 0.0941. The highest BCUT2D eigenvalue weighted by Gasteiger charge is 2.21. The highest BCUT2D eigenvalue weighted by atomic mass is 16.5. The number of benzene rings is 1. The number of hydrogen-bond acceptors (Lipinski definition) is 4. The minimum Gasteiger partial charge on any atom is -0.381 e. The number of amides is 2. The zero-order chi connectivity index (χ0) is 20.0. The molecule has 6 nitrogen and oxygen atoms in total. The summed E-state index contributed by atoms with van der Waals surface area (Å²) in [6.07, 6.45) is 4.92. The number of rotatable bonds is 12. The van der Waals surface area contributed by atoms with Crippen LogP contribution in [0.4, 0.5) is 0 Å². The second kappa shape index (κ2) is 13.3. The van der Waals surface area contributed by atoms with E-state index in [-0.39, 0.29) is 17.9 Å². The van der Waals surface area contributed by atoms with Crippen LogP contribution in [0.3, 0.4) is 0 Å². The summed E-state index contributed by atoms with van der Waals surface area (Å²) in [6, 6.07) is 10.5. The average molecular weight is 390 g/mol. The van der Waals surface area contributed by atoms with Gasteiger partial charge in [0.2, 0.25) is 11.8 Å². The standard InChI is InChI=1S/C22H35N3O3/c1-2-13-23-22(27)18-25-14-10-20(11-15-25)24-21(26)9-6-16-28-17-12-19-7-4-3-5-8-19/h3-5,7-8,20H,2,6,9-18H2,1H3,(H,23,27)(H,24,26). The number of ether oxygens (including phenoxy) is 1. The van der Waals surface area contributed by atoms with Crippen molar-refractivity contribution in [2.75, 3.05) is 39.4 Å². The number of carbonyl (C=O) groups is 2. The number of carbonyl (C=O) groups excluding carboxylic acids is 2. The monoisotopic (exact) mass is 389 g/mol. The fourth-order valence-electron chi connectivity index (χ4n) is 3.33. The van der Waals surface area contributed by atoms with Crippen LogP contribution < -0.4 is 10.6 Å². The third kappa shape index (κ3) is 9.33. The Morgan fingerprint density at radius 1 is 1.11 bits per heavy atom. The molecule has 0 saturated carbocycles. The van der Waals surface area contributed by atoms with Crippen molar-refractivity contribution in [3.05, 3.63) is 35.9 Å². The molecule has 1 aromatic carbocycles. The molecule has 2 rings (SSSR count).